The Morgan fingerprint density at radius 1 is 1.00 bits per heavy atom. The monoisotopic (exact) mass is 279 g/mol. The molecule has 0 aliphatic heterocycles. The van der Waals surface area contributed by atoms with Gasteiger partial charge in [-0.25, -0.2) is 0 Å². The highest BCUT2D eigenvalue weighted by Gasteiger charge is 2.05. The summed E-state index contributed by atoms with van der Waals surface area (Å²) in [5.74, 6) is 0.634. The van der Waals surface area contributed by atoms with Gasteiger partial charge in [-0.1, -0.05) is 12.1 Å². The van der Waals surface area contributed by atoms with Crippen molar-refractivity contribution in [3.8, 4) is 11.8 Å². The van der Waals surface area contributed by atoms with Crippen molar-refractivity contribution in [2.45, 2.75) is 6.92 Å². The van der Waals surface area contributed by atoms with E-state index in [4.69, 9.17) is 24.2 Å². The Morgan fingerprint density at radius 3 is 2.30 bits per heavy atom. The Bertz CT molecular complexity index is 428. The summed E-state index contributed by atoms with van der Waals surface area (Å²) in [6.45, 7) is 5.02. The van der Waals surface area contributed by atoms with Gasteiger partial charge < -0.3 is 18.9 Å². The molecule has 5 heteroatoms. The molecule has 1 aromatic carbocycles. The van der Waals surface area contributed by atoms with Crippen LogP contribution in [-0.2, 0) is 14.2 Å². The maximum Gasteiger partial charge on any atom is 0.140 e. The number of hydrogen-bond donors (Lipinski definition) is 0. The Morgan fingerprint density at radius 2 is 1.65 bits per heavy atom. The first-order valence-electron chi connectivity index (χ1n) is 6.56. The molecular formula is C15H21NO4. The molecule has 0 N–H and O–H groups in total. The summed E-state index contributed by atoms with van der Waals surface area (Å²) < 4.78 is 21.1. The highest BCUT2D eigenvalue weighted by Crippen LogP contribution is 2.22. The molecular weight excluding hydrogens is 258 g/mol. The molecule has 0 atom stereocenters. The number of para-hydroxylation sites is 1. The number of benzene rings is 1. The Labute approximate surface area is 120 Å². The van der Waals surface area contributed by atoms with Gasteiger partial charge in [0.2, 0.25) is 0 Å². The van der Waals surface area contributed by atoms with Crippen molar-refractivity contribution in [2.75, 3.05) is 46.8 Å². The van der Waals surface area contributed by atoms with E-state index in [0.29, 0.717) is 51.0 Å². The topological polar surface area (TPSA) is 60.7 Å². The molecule has 1 rings (SSSR count). The fourth-order valence-corrected chi connectivity index (χ4v) is 1.60. The van der Waals surface area contributed by atoms with Crippen molar-refractivity contribution >= 4 is 0 Å². The van der Waals surface area contributed by atoms with Gasteiger partial charge in [-0.2, -0.15) is 5.26 Å². The van der Waals surface area contributed by atoms with E-state index >= 15 is 0 Å². The first-order valence-corrected chi connectivity index (χ1v) is 6.56. The second kappa shape index (κ2) is 10.2. The number of ether oxygens (including phenoxy) is 4. The Hall–Kier alpha value is -1.61. The van der Waals surface area contributed by atoms with E-state index in [1.54, 1.807) is 13.2 Å². The molecule has 0 spiro atoms. The van der Waals surface area contributed by atoms with Crippen LogP contribution in [0.2, 0.25) is 0 Å². The minimum Gasteiger partial charge on any atom is -0.490 e. The molecule has 110 valence electrons. The van der Waals surface area contributed by atoms with Crippen LogP contribution in [0.5, 0.6) is 5.75 Å². The highest BCUT2D eigenvalue weighted by molar-refractivity contribution is 5.47. The maximum absolute atomic E-state index is 9.00. The van der Waals surface area contributed by atoms with Gasteiger partial charge in [0.15, 0.2) is 0 Å². The lowest BCUT2D eigenvalue weighted by Gasteiger charge is -2.11. The Kier molecular flexibility index (Phi) is 8.40. The zero-order chi connectivity index (χ0) is 14.6. The number of hydrogen-bond acceptors (Lipinski definition) is 5. The van der Waals surface area contributed by atoms with Crippen LogP contribution in [0.15, 0.2) is 18.2 Å². The molecule has 0 fully saturated rings. The van der Waals surface area contributed by atoms with Crippen molar-refractivity contribution in [3.05, 3.63) is 29.3 Å². The average molecular weight is 279 g/mol. The van der Waals surface area contributed by atoms with Crippen LogP contribution in [0.25, 0.3) is 0 Å². The molecule has 0 bridgehead atoms. The van der Waals surface area contributed by atoms with Gasteiger partial charge in [0.25, 0.3) is 0 Å². The van der Waals surface area contributed by atoms with E-state index < -0.39 is 0 Å². The van der Waals surface area contributed by atoms with Gasteiger partial charge in [-0.15, -0.1) is 0 Å². The molecule has 5 nitrogen and oxygen atoms in total. The van der Waals surface area contributed by atoms with Crippen LogP contribution in [0.3, 0.4) is 0 Å². The largest absolute Gasteiger partial charge is 0.490 e. The quantitative estimate of drug-likeness (QED) is 0.612. The van der Waals surface area contributed by atoms with Crippen molar-refractivity contribution < 1.29 is 18.9 Å². The molecule has 1 aromatic rings. The summed E-state index contributed by atoms with van der Waals surface area (Å²) >= 11 is 0. The lowest BCUT2D eigenvalue weighted by atomic mass is 10.1. The predicted molar refractivity (Wildman–Crippen MR) is 74.9 cm³/mol. The van der Waals surface area contributed by atoms with E-state index in [9.17, 15) is 0 Å². The lowest BCUT2D eigenvalue weighted by molar-refractivity contribution is 0.0179. The van der Waals surface area contributed by atoms with Crippen LogP contribution in [0.1, 0.15) is 11.1 Å². The average Bonchev–Trinajstić information content (AvgIpc) is 2.46. The van der Waals surface area contributed by atoms with Gasteiger partial charge in [0.1, 0.15) is 18.4 Å². The van der Waals surface area contributed by atoms with Crippen LogP contribution in [0, 0.1) is 18.3 Å². The fourth-order valence-electron chi connectivity index (χ4n) is 1.60. The summed E-state index contributed by atoms with van der Waals surface area (Å²) in [5.41, 5.74) is 1.50. The summed E-state index contributed by atoms with van der Waals surface area (Å²) in [7, 11) is 1.64. The molecule has 0 aliphatic carbocycles. The minimum atomic E-state index is 0.414. The summed E-state index contributed by atoms with van der Waals surface area (Å²) in [6.07, 6.45) is 0. The molecule has 0 unspecified atom stereocenters. The van der Waals surface area contributed by atoms with Gasteiger partial charge in [-0.05, 0) is 18.6 Å². The third-order valence-corrected chi connectivity index (χ3v) is 2.61. The van der Waals surface area contributed by atoms with E-state index in [0.717, 1.165) is 5.56 Å². The summed E-state index contributed by atoms with van der Waals surface area (Å²) in [4.78, 5) is 0. The molecule has 0 saturated heterocycles. The summed E-state index contributed by atoms with van der Waals surface area (Å²) in [6, 6.07) is 7.62. The van der Waals surface area contributed by atoms with Gasteiger partial charge in [-0.3, -0.25) is 0 Å². The second-order valence-corrected chi connectivity index (χ2v) is 4.13. The Balaban J connectivity index is 2.14. The fraction of sp³-hybridized carbons (Fsp3) is 0.533. The normalized spacial score (nSPS) is 10.2. The zero-order valence-corrected chi connectivity index (χ0v) is 12.1. The smallest absolute Gasteiger partial charge is 0.140 e. The first kappa shape index (κ1) is 16.4. The molecule has 0 aromatic heterocycles. The van der Waals surface area contributed by atoms with Gasteiger partial charge >= 0.3 is 0 Å². The molecule has 0 heterocycles. The lowest BCUT2D eigenvalue weighted by Crippen LogP contribution is -2.13. The van der Waals surface area contributed by atoms with Crippen molar-refractivity contribution in [1.82, 2.24) is 0 Å². The number of aryl methyl sites for hydroxylation is 1. The third kappa shape index (κ3) is 6.02. The van der Waals surface area contributed by atoms with Crippen LogP contribution in [0.4, 0.5) is 0 Å². The van der Waals surface area contributed by atoms with Gasteiger partial charge in [0.05, 0.1) is 38.6 Å². The highest BCUT2D eigenvalue weighted by atomic mass is 16.6. The van der Waals surface area contributed by atoms with Crippen LogP contribution >= 0.6 is 0 Å². The van der Waals surface area contributed by atoms with Crippen molar-refractivity contribution in [1.29, 1.82) is 5.26 Å². The second-order valence-electron chi connectivity index (χ2n) is 4.13. The molecule has 0 amide bonds. The van der Waals surface area contributed by atoms with Gasteiger partial charge in [0, 0.05) is 7.11 Å². The maximum atomic E-state index is 9.00. The van der Waals surface area contributed by atoms with Crippen molar-refractivity contribution in [3.63, 3.8) is 0 Å². The summed E-state index contributed by atoms with van der Waals surface area (Å²) in [5, 5.41) is 9.00. The van der Waals surface area contributed by atoms with Crippen molar-refractivity contribution in [2.24, 2.45) is 0 Å². The SMILES string of the molecule is COCCOCCOCCOc1c(C)cccc1C#N. The standard InChI is InChI=1S/C15H21NO4/c1-13-4-3-5-14(12-16)15(13)20-11-10-19-9-8-18-7-6-17-2/h3-5H,6-11H2,1-2H3. The number of nitrogens with zero attached hydrogens (tertiary/aromatic N) is 1. The third-order valence-electron chi connectivity index (χ3n) is 2.61. The van der Waals surface area contributed by atoms with Crippen LogP contribution in [-0.4, -0.2) is 46.8 Å². The predicted octanol–water partition coefficient (Wildman–Crippen LogP) is 1.93. The number of nitriles is 1. The van der Waals surface area contributed by atoms with Crippen LogP contribution < -0.4 is 4.74 Å². The number of methoxy groups -OCH3 is 1. The van der Waals surface area contributed by atoms with E-state index in [2.05, 4.69) is 6.07 Å². The molecule has 0 radical (unpaired) electrons. The number of rotatable bonds is 10. The van der Waals surface area contributed by atoms with E-state index in [-0.39, 0.29) is 0 Å². The molecule has 0 aliphatic rings. The zero-order valence-electron chi connectivity index (χ0n) is 12.1. The molecule has 0 saturated carbocycles. The minimum absolute atomic E-state index is 0.414. The van der Waals surface area contributed by atoms with E-state index in [1.807, 2.05) is 19.1 Å². The van der Waals surface area contributed by atoms with E-state index in [1.165, 1.54) is 0 Å². The first-order chi connectivity index (χ1) is 9.79. The molecule has 20 heavy (non-hydrogen) atoms.